The van der Waals surface area contributed by atoms with Gasteiger partial charge in [0.1, 0.15) is 5.82 Å². The Labute approximate surface area is 90.7 Å². The highest BCUT2D eigenvalue weighted by Crippen LogP contribution is 2.33. The van der Waals surface area contributed by atoms with Crippen molar-refractivity contribution in [3.63, 3.8) is 0 Å². The Morgan fingerprint density at radius 1 is 1.25 bits per heavy atom. The monoisotopic (exact) mass is 236 g/mol. The molecular formula is C11H12F4O. The number of benzene rings is 1. The molecule has 0 bridgehead atoms. The molecule has 0 fully saturated rings. The number of alkyl halides is 3. The van der Waals surface area contributed by atoms with Crippen molar-refractivity contribution < 1.29 is 22.7 Å². The molecule has 0 aromatic heterocycles. The molecule has 0 saturated heterocycles. The van der Waals surface area contributed by atoms with E-state index in [-0.39, 0.29) is 12.0 Å². The van der Waals surface area contributed by atoms with Crippen molar-refractivity contribution in [2.45, 2.75) is 32.0 Å². The number of aliphatic hydroxyl groups is 1. The minimum atomic E-state index is -4.71. The fourth-order valence-corrected chi connectivity index (χ4v) is 1.28. The zero-order valence-corrected chi connectivity index (χ0v) is 8.90. The van der Waals surface area contributed by atoms with Crippen molar-refractivity contribution in [3.8, 4) is 0 Å². The van der Waals surface area contributed by atoms with Crippen molar-refractivity contribution in [1.29, 1.82) is 0 Å². The summed E-state index contributed by atoms with van der Waals surface area (Å²) < 4.78 is 50.0. The summed E-state index contributed by atoms with van der Waals surface area (Å²) in [4.78, 5) is 0. The van der Waals surface area contributed by atoms with Crippen LogP contribution in [0.1, 0.15) is 31.4 Å². The van der Waals surface area contributed by atoms with Gasteiger partial charge in [-0.2, -0.15) is 13.2 Å². The van der Waals surface area contributed by atoms with E-state index >= 15 is 0 Å². The maximum absolute atomic E-state index is 13.2. The third kappa shape index (κ3) is 2.52. The fourth-order valence-electron chi connectivity index (χ4n) is 1.28. The van der Waals surface area contributed by atoms with E-state index in [1.165, 1.54) is 6.92 Å². The maximum atomic E-state index is 13.2. The van der Waals surface area contributed by atoms with Gasteiger partial charge in [0.15, 0.2) is 0 Å². The molecule has 1 unspecified atom stereocenters. The van der Waals surface area contributed by atoms with E-state index in [0.29, 0.717) is 6.07 Å². The van der Waals surface area contributed by atoms with Gasteiger partial charge in [-0.25, -0.2) is 4.39 Å². The maximum Gasteiger partial charge on any atom is 0.419 e. The average molecular weight is 236 g/mol. The lowest BCUT2D eigenvalue weighted by molar-refractivity contribution is -0.140. The third-order valence-electron chi connectivity index (χ3n) is 2.58. The lowest BCUT2D eigenvalue weighted by atomic mass is 9.92. The van der Waals surface area contributed by atoms with Gasteiger partial charge in [0.05, 0.1) is 11.2 Å². The molecule has 1 aromatic carbocycles. The lowest BCUT2D eigenvalue weighted by Crippen LogP contribution is -2.20. The summed E-state index contributed by atoms with van der Waals surface area (Å²) in [6.07, 6.45) is -4.42. The molecule has 0 radical (unpaired) electrons. The van der Waals surface area contributed by atoms with Gasteiger partial charge in [-0.05, 0) is 31.0 Å². The van der Waals surface area contributed by atoms with E-state index in [4.69, 9.17) is 0 Å². The molecule has 1 atom stereocenters. The number of halogens is 4. The van der Waals surface area contributed by atoms with Crippen molar-refractivity contribution in [2.24, 2.45) is 0 Å². The second-order valence-electron chi connectivity index (χ2n) is 3.82. The minimum absolute atomic E-state index is 0.139. The van der Waals surface area contributed by atoms with Crippen LogP contribution >= 0.6 is 0 Å². The Balaban J connectivity index is 3.20. The van der Waals surface area contributed by atoms with Crippen molar-refractivity contribution in [2.75, 3.05) is 0 Å². The van der Waals surface area contributed by atoms with Crippen LogP contribution in [0.4, 0.5) is 17.6 Å². The van der Waals surface area contributed by atoms with Gasteiger partial charge < -0.3 is 5.11 Å². The van der Waals surface area contributed by atoms with Crippen molar-refractivity contribution in [3.05, 3.63) is 35.1 Å². The van der Waals surface area contributed by atoms with Crippen LogP contribution < -0.4 is 0 Å². The molecule has 1 aromatic rings. The standard InChI is InChI=1S/C11H12F4O/c1-3-10(2,16)7-4-5-8(9(12)6-7)11(13,14)15/h4-6,16H,3H2,1-2H3. The van der Waals surface area contributed by atoms with Crippen LogP contribution in [0.3, 0.4) is 0 Å². The molecule has 16 heavy (non-hydrogen) atoms. The Hall–Kier alpha value is -1.10. The Kier molecular flexibility index (Phi) is 3.28. The second-order valence-corrected chi connectivity index (χ2v) is 3.82. The highest BCUT2D eigenvalue weighted by molar-refractivity contribution is 5.29. The van der Waals surface area contributed by atoms with E-state index in [0.717, 1.165) is 12.1 Å². The molecule has 90 valence electrons. The molecule has 0 amide bonds. The van der Waals surface area contributed by atoms with Gasteiger partial charge in [-0.1, -0.05) is 13.0 Å². The first kappa shape index (κ1) is 13.0. The summed E-state index contributed by atoms with van der Waals surface area (Å²) in [5.41, 5.74) is -2.49. The molecule has 0 saturated carbocycles. The minimum Gasteiger partial charge on any atom is -0.385 e. The summed E-state index contributed by atoms with van der Waals surface area (Å²) >= 11 is 0. The predicted octanol–water partition coefficient (Wildman–Crippen LogP) is 3.46. The molecule has 0 aliphatic carbocycles. The topological polar surface area (TPSA) is 20.2 Å². The first-order valence-corrected chi connectivity index (χ1v) is 4.78. The van der Waals surface area contributed by atoms with E-state index in [2.05, 4.69) is 0 Å². The molecular weight excluding hydrogens is 224 g/mol. The SMILES string of the molecule is CCC(C)(O)c1ccc(C(F)(F)F)c(F)c1. The Morgan fingerprint density at radius 3 is 2.19 bits per heavy atom. The highest BCUT2D eigenvalue weighted by Gasteiger charge is 2.35. The van der Waals surface area contributed by atoms with Crippen LogP contribution in [0.5, 0.6) is 0 Å². The van der Waals surface area contributed by atoms with Gasteiger partial charge in [0.25, 0.3) is 0 Å². The van der Waals surface area contributed by atoms with Crippen molar-refractivity contribution in [1.82, 2.24) is 0 Å². The van der Waals surface area contributed by atoms with Crippen LogP contribution in [0.2, 0.25) is 0 Å². The zero-order chi connectivity index (χ0) is 12.6. The zero-order valence-electron chi connectivity index (χ0n) is 8.90. The highest BCUT2D eigenvalue weighted by atomic mass is 19.4. The fraction of sp³-hybridized carbons (Fsp3) is 0.455. The van der Waals surface area contributed by atoms with E-state index in [1.807, 2.05) is 0 Å². The molecule has 0 heterocycles. The van der Waals surface area contributed by atoms with Gasteiger partial charge in [0, 0.05) is 0 Å². The normalized spacial score (nSPS) is 15.9. The van der Waals surface area contributed by atoms with E-state index in [9.17, 15) is 22.7 Å². The third-order valence-corrected chi connectivity index (χ3v) is 2.58. The molecule has 0 spiro atoms. The van der Waals surface area contributed by atoms with Crippen LogP contribution in [0, 0.1) is 5.82 Å². The van der Waals surface area contributed by atoms with Crippen LogP contribution in [0.25, 0.3) is 0 Å². The summed E-state index contributed by atoms with van der Waals surface area (Å²) in [6, 6.07) is 2.47. The summed E-state index contributed by atoms with van der Waals surface area (Å²) in [7, 11) is 0. The molecule has 0 aliphatic heterocycles. The molecule has 1 N–H and O–H groups in total. The van der Waals surface area contributed by atoms with Crippen LogP contribution in [-0.4, -0.2) is 5.11 Å². The first-order chi connectivity index (χ1) is 7.18. The lowest BCUT2D eigenvalue weighted by Gasteiger charge is -2.22. The average Bonchev–Trinajstić information content (AvgIpc) is 2.15. The number of hydrogen-bond donors (Lipinski definition) is 1. The Morgan fingerprint density at radius 2 is 1.81 bits per heavy atom. The van der Waals surface area contributed by atoms with Gasteiger partial charge in [-0.15, -0.1) is 0 Å². The summed E-state index contributed by atoms with van der Waals surface area (Å²) in [5.74, 6) is -1.36. The Bertz CT molecular complexity index is 382. The predicted molar refractivity (Wildman–Crippen MR) is 51.3 cm³/mol. The molecule has 5 heteroatoms. The van der Waals surface area contributed by atoms with E-state index in [1.54, 1.807) is 6.92 Å². The van der Waals surface area contributed by atoms with Crippen LogP contribution in [0.15, 0.2) is 18.2 Å². The molecule has 1 rings (SSSR count). The first-order valence-electron chi connectivity index (χ1n) is 4.78. The summed E-state index contributed by atoms with van der Waals surface area (Å²) in [5, 5.41) is 9.76. The second kappa shape index (κ2) is 4.05. The van der Waals surface area contributed by atoms with Gasteiger partial charge >= 0.3 is 6.18 Å². The quantitative estimate of drug-likeness (QED) is 0.779. The van der Waals surface area contributed by atoms with Gasteiger partial charge in [-0.3, -0.25) is 0 Å². The van der Waals surface area contributed by atoms with E-state index < -0.39 is 23.2 Å². The van der Waals surface area contributed by atoms with Gasteiger partial charge in [0.2, 0.25) is 0 Å². The van der Waals surface area contributed by atoms with Crippen molar-refractivity contribution >= 4 is 0 Å². The molecule has 1 nitrogen and oxygen atoms in total. The largest absolute Gasteiger partial charge is 0.419 e. The molecule has 0 aliphatic rings. The summed E-state index contributed by atoms with van der Waals surface area (Å²) in [6.45, 7) is 3.09. The smallest absolute Gasteiger partial charge is 0.385 e. The number of hydrogen-bond acceptors (Lipinski definition) is 1. The number of rotatable bonds is 2. The van der Waals surface area contributed by atoms with Crippen LogP contribution in [-0.2, 0) is 11.8 Å².